The zero-order valence-electron chi connectivity index (χ0n) is 8.20. The molecule has 1 unspecified atom stereocenters. The predicted molar refractivity (Wildman–Crippen MR) is 53.3 cm³/mol. The third-order valence-electron chi connectivity index (χ3n) is 2.00. The molecule has 0 bridgehead atoms. The van der Waals surface area contributed by atoms with E-state index >= 15 is 0 Å². The molecule has 0 radical (unpaired) electrons. The topological polar surface area (TPSA) is 29.5 Å². The Labute approximate surface area is 79.9 Å². The Morgan fingerprint density at radius 3 is 3.00 bits per heavy atom. The van der Waals surface area contributed by atoms with E-state index in [9.17, 15) is 0 Å². The monoisotopic (exact) mass is 182 g/mol. The van der Waals surface area contributed by atoms with Gasteiger partial charge in [-0.15, -0.1) is 0 Å². The van der Waals surface area contributed by atoms with Crippen LogP contribution in [0.5, 0.6) is 0 Å². The number of aliphatic hydroxyl groups excluding tert-OH is 1. The summed E-state index contributed by atoms with van der Waals surface area (Å²) in [5.41, 5.74) is 0. The molecule has 1 rings (SSSR count). The van der Waals surface area contributed by atoms with Gasteiger partial charge in [0, 0.05) is 0 Å². The lowest BCUT2D eigenvalue weighted by molar-refractivity contribution is 0.155. The van der Waals surface area contributed by atoms with E-state index in [0.717, 1.165) is 31.4 Å². The molecule has 1 atom stereocenters. The molecular formula is C11H18O2. The van der Waals surface area contributed by atoms with E-state index in [1.54, 1.807) is 6.92 Å². The van der Waals surface area contributed by atoms with Crippen LogP contribution in [0, 0.1) is 0 Å². The van der Waals surface area contributed by atoms with Crippen molar-refractivity contribution in [3.8, 4) is 0 Å². The summed E-state index contributed by atoms with van der Waals surface area (Å²) in [5, 5.41) is 9.01. The quantitative estimate of drug-likeness (QED) is 0.661. The molecule has 1 N–H and O–H groups in total. The van der Waals surface area contributed by atoms with Gasteiger partial charge in [0.05, 0.1) is 12.7 Å². The second kappa shape index (κ2) is 5.81. The lowest BCUT2D eigenvalue weighted by Crippen LogP contribution is -2.02. The van der Waals surface area contributed by atoms with Crippen LogP contribution < -0.4 is 0 Å². The number of hydrogen-bond donors (Lipinski definition) is 1. The van der Waals surface area contributed by atoms with E-state index in [0.29, 0.717) is 6.61 Å². The van der Waals surface area contributed by atoms with Crippen molar-refractivity contribution in [2.45, 2.75) is 38.7 Å². The van der Waals surface area contributed by atoms with Gasteiger partial charge in [-0.25, -0.2) is 0 Å². The van der Waals surface area contributed by atoms with Crippen molar-refractivity contribution < 1.29 is 9.84 Å². The van der Waals surface area contributed by atoms with Crippen molar-refractivity contribution in [2.75, 3.05) is 6.61 Å². The Hall–Kier alpha value is -0.760. The van der Waals surface area contributed by atoms with E-state index in [-0.39, 0.29) is 6.10 Å². The van der Waals surface area contributed by atoms with Crippen LogP contribution in [0.2, 0.25) is 0 Å². The fourth-order valence-electron chi connectivity index (χ4n) is 1.27. The van der Waals surface area contributed by atoms with E-state index in [4.69, 9.17) is 9.84 Å². The number of allylic oxidation sites excluding steroid dienone is 3. The molecule has 0 aromatic carbocycles. The maximum absolute atomic E-state index is 9.01. The summed E-state index contributed by atoms with van der Waals surface area (Å²) in [7, 11) is 0. The molecule has 0 saturated carbocycles. The highest BCUT2D eigenvalue weighted by Gasteiger charge is 1.99. The summed E-state index contributed by atoms with van der Waals surface area (Å²) >= 11 is 0. The van der Waals surface area contributed by atoms with Crippen LogP contribution in [0.4, 0.5) is 0 Å². The van der Waals surface area contributed by atoms with Crippen LogP contribution in [0.25, 0.3) is 0 Å². The zero-order valence-corrected chi connectivity index (χ0v) is 8.20. The molecule has 0 fully saturated rings. The average molecular weight is 182 g/mol. The molecule has 0 heterocycles. The molecule has 74 valence electrons. The Balaban J connectivity index is 2.05. The summed E-state index contributed by atoms with van der Waals surface area (Å²) in [4.78, 5) is 0. The van der Waals surface area contributed by atoms with Crippen LogP contribution in [0.3, 0.4) is 0 Å². The van der Waals surface area contributed by atoms with Gasteiger partial charge in [-0.05, 0) is 44.8 Å². The number of rotatable bonds is 5. The second-order valence-electron chi connectivity index (χ2n) is 3.43. The first-order chi connectivity index (χ1) is 6.29. The van der Waals surface area contributed by atoms with Crippen molar-refractivity contribution in [2.24, 2.45) is 0 Å². The van der Waals surface area contributed by atoms with E-state index in [1.165, 1.54) is 0 Å². The Kier molecular flexibility index (Phi) is 4.61. The average Bonchev–Trinajstić information content (AvgIpc) is 2.14. The maximum Gasteiger partial charge on any atom is 0.114 e. The van der Waals surface area contributed by atoms with Crippen molar-refractivity contribution in [3.63, 3.8) is 0 Å². The first kappa shape index (κ1) is 10.3. The minimum Gasteiger partial charge on any atom is -0.494 e. The number of hydrogen-bond acceptors (Lipinski definition) is 2. The van der Waals surface area contributed by atoms with Crippen LogP contribution in [-0.2, 0) is 4.74 Å². The molecule has 1 aliphatic carbocycles. The van der Waals surface area contributed by atoms with Crippen LogP contribution in [-0.4, -0.2) is 17.8 Å². The van der Waals surface area contributed by atoms with Crippen molar-refractivity contribution in [1.29, 1.82) is 0 Å². The summed E-state index contributed by atoms with van der Waals surface area (Å²) < 4.78 is 5.50. The normalized spacial score (nSPS) is 18.2. The molecule has 0 amide bonds. The van der Waals surface area contributed by atoms with Crippen molar-refractivity contribution in [1.82, 2.24) is 0 Å². The van der Waals surface area contributed by atoms with Crippen LogP contribution in [0.15, 0.2) is 24.0 Å². The van der Waals surface area contributed by atoms with E-state index in [2.05, 4.69) is 12.2 Å². The third-order valence-corrected chi connectivity index (χ3v) is 2.00. The minimum atomic E-state index is -0.209. The zero-order chi connectivity index (χ0) is 9.52. The molecular weight excluding hydrogens is 164 g/mol. The molecule has 1 aliphatic rings. The first-order valence-electron chi connectivity index (χ1n) is 4.96. The summed E-state index contributed by atoms with van der Waals surface area (Å²) in [6.07, 6.45) is 10.0. The highest BCUT2D eigenvalue weighted by molar-refractivity contribution is 5.15. The maximum atomic E-state index is 9.01. The van der Waals surface area contributed by atoms with Crippen molar-refractivity contribution >= 4 is 0 Å². The predicted octanol–water partition coefficient (Wildman–Crippen LogP) is 2.40. The van der Waals surface area contributed by atoms with Gasteiger partial charge in [0.1, 0.15) is 5.76 Å². The summed E-state index contributed by atoms with van der Waals surface area (Å²) in [5.74, 6) is 0.983. The van der Waals surface area contributed by atoms with Gasteiger partial charge >= 0.3 is 0 Å². The van der Waals surface area contributed by atoms with Gasteiger partial charge in [-0.2, -0.15) is 0 Å². The first-order valence-corrected chi connectivity index (χ1v) is 4.96. The lowest BCUT2D eigenvalue weighted by Gasteiger charge is -2.10. The summed E-state index contributed by atoms with van der Waals surface area (Å²) in [6.45, 7) is 2.51. The summed E-state index contributed by atoms with van der Waals surface area (Å²) in [6, 6.07) is 0. The molecule has 0 aliphatic heterocycles. The highest BCUT2D eigenvalue weighted by atomic mass is 16.5. The molecule has 2 nitrogen and oxygen atoms in total. The SMILES string of the molecule is CC(O)CCCOC1=CCCC=C1. The van der Waals surface area contributed by atoms with E-state index < -0.39 is 0 Å². The fourth-order valence-corrected chi connectivity index (χ4v) is 1.27. The fraction of sp³-hybridized carbons (Fsp3) is 0.636. The van der Waals surface area contributed by atoms with E-state index in [1.807, 2.05) is 6.08 Å². The van der Waals surface area contributed by atoms with Crippen molar-refractivity contribution in [3.05, 3.63) is 24.0 Å². The second-order valence-corrected chi connectivity index (χ2v) is 3.43. The number of ether oxygens (including phenoxy) is 1. The van der Waals surface area contributed by atoms with Gasteiger partial charge in [-0.1, -0.05) is 6.08 Å². The van der Waals surface area contributed by atoms with Crippen LogP contribution in [0.1, 0.15) is 32.6 Å². The molecule has 0 saturated heterocycles. The molecule has 2 heteroatoms. The standard InChI is InChI=1S/C11H18O2/c1-10(12)6-5-9-13-11-7-3-2-4-8-11/h3,7-8,10,12H,2,4-6,9H2,1H3. The Morgan fingerprint density at radius 2 is 2.38 bits per heavy atom. The van der Waals surface area contributed by atoms with Gasteiger partial charge in [0.15, 0.2) is 0 Å². The number of aliphatic hydroxyl groups is 1. The smallest absolute Gasteiger partial charge is 0.114 e. The van der Waals surface area contributed by atoms with Gasteiger partial charge in [-0.3, -0.25) is 0 Å². The van der Waals surface area contributed by atoms with Crippen LogP contribution >= 0.6 is 0 Å². The van der Waals surface area contributed by atoms with Gasteiger partial charge in [0.25, 0.3) is 0 Å². The lowest BCUT2D eigenvalue weighted by atomic mass is 10.2. The molecule has 13 heavy (non-hydrogen) atoms. The third kappa shape index (κ3) is 4.73. The van der Waals surface area contributed by atoms with Gasteiger partial charge in [0.2, 0.25) is 0 Å². The highest BCUT2D eigenvalue weighted by Crippen LogP contribution is 2.11. The largest absolute Gasteiger partial charge is 0.494 e. The molecule has 0 aromatic heterocycles. The van der Waals surface area contributed by atoms with Gasteiger partial charge < -0.3 is 9.84 Å². The Bertz CT molecular complexity index is 192. The minimum absolute atomic E-state index is 0.209. The Morgan fingerprint density at radius 1 is 1.54 bits per heavy atom. The molecule has 0 aromatic rings. The molecule has 0 spiro atoms.